The van der Waals surface area contributed by atoms with Gasteiger partial charge in [-0.2, -0.15) is 5.26 Å². The van der Waals surface area contributed by atoms with Crippen LogP contribution in [0.3, 0.4) is 0 Å². The summed E-state index contributed by atoms with van der Waals surface area (Å²) in [5, 5.41) is 8.15. The van der Waals surface area contributed by atoms with Gasteiger partial charge in [0.15, 0.2) is 0 Å². The summed E-state index contributed by atoms with van der Waals surface area (Å²) in [5.41, 5.74) is 1.44. The fourth-order valence-corrected chi connectivity index (χ4v) is 5.56. The van der Waals surface area contributed by atoms with Crippen LogP contribution in [0.5, 0.6) is 0 Å². The van der Waals surface area contributed by atoms with Crippen LogP contribution < -0.4 is 4.72 Å². The molecule has 1 fully saturated rings. The molecule has 0 unspecified atom stereocenters. The molecule has 1 aromatic carbocycles. The predicted molar refractivity (Wildman–Crippen MR) is 80.1 cm³/mol. The van der Waals surface area contributed by atoms with Gasteiger partial charge in [0, 0.05) is 0 Å². The van der Waals surface area contributed by atoms with Crippen LogP contribution in [-0.4, -0.2) is 33.6 Å². The number of nitriles is 1. The fourth-order valence-electron chi connectivity index (χ4n) is 2.22. The maximum atomic E-state index is 12.3. The number of hydrogen-bond acceptors (Lipinski definition) is 5. The zero-order valence-corrected chi connectivity index (χ0v) is 13.2. The van der Waals surface area contributed by atoms with E-state index in [-0.39, 0.29) is 24.3 Å². The van der Waals surface area contributed by atoms with Crippen molar-refractivity contribution in [3.63, 3.8) is 0 Å². The number of sulfone groups is 1. The Kier molecular flexibility index (Phi) is 4.25. The number of nitrogens with zero attached hydrogens (tertiary/aromatic N) is 1. The first kappa shape index (κ1) is 15.8. The molecule has 0 amide bonds. The topological polar surface area (TPSA) is 104 Å². The summed E-state index contributed by atoms with van der Waals surface area (Å²) in [6.45, 7) is 1.74. The molecule has 1 aromatic rings. The van der Waals surface area contributed by atoms with Crippen LogP contribution >= 0.6 is 0 Å². The first-order chi connectivity index (χ1) is 9.73. The summed E-state index contributed by atoms with van der Waals surface area (Å²) in [5.74, 6) is -0.203. The van der Waals surface area contributed by atoms with Gasteiger partial charge >= 0.3 is 0 Å². The molecule has 1 aliphatic heterocycles. The van der Waals surface area contributed by atoms with E-state index in [2.05, 4.69) is 4.72 Å². The van der Waals surface area contributed by atoms with Crippen molar-refractivity contribution in [3.05, 3.63) is 29.3 Å². The van der Waals surface area contributed by atoms with Gasteiger partial charge < -0.3 is 0 Å². The van der Waals surface area contributed by atoms with Crippen LogP contribution in [0.4, 0.5) is 5.69 Å². The lowest BCUT2D eigenvalue weighted by atomic mass is 10.1. The minimum atomic E-state index is -3.66. The summed E-state index contributed by atoms with van der Waals surface area (Å²) in [7, 11) is -6.76. The Morgan fingerprint density at radius 2 is 1.90 bits per heavy atom. The van der Waals surface area contributed by atoms with E-state index in [0.717, 1.165) is 0 Å². The highest BCUT2D eigenvalue weighted by atomic mass is 32.2. The van der Waals surface area contributed by atoms with E-state index in [9.17, 15) is 16.8 Å². The Hall–Kier alpha value is -1.59. The molecule has 6 nitrogen and oxygen atoms in total. The number of anilines is 1. The van der Waals surface area contributed by atoms with Crippen molar-refractivity contribution in [2.24, 2.45) is 0 Å². The second kappa shape index (κ2) is 5.66. The average molecular weight is 328 g/mol. The standard InChI is InChI=1S/C13H16N2O4S2/c1-10-2-3-11(9-14)8-13(10)15-21(18,19)12-4-6-20(16,17)7-5-12/h2-3,8,12,15H,4-7H2,1H3. The fraction of sp³-hybridized carbons (Fsp3) is 0.462. The highest BCUT2D eigenvalue weighted by Gasteiger charge is 2.33. The number of rotatable bonds is 3. The van der Waals surface area contributed by atoms with Gasteiger partial charge in [-0.1, -0.05) is 6.07 Å². The first-order valence-electron chi connectivity index (χ1n) is 6.46. The predicted octanol–water partition coefficient (Wildman–Crippen LogP) is 1.19. The molecular formula is C13H16N2O4S2. The molecule has 0 bridgehead atoms. The monoisotopic (exact) mass is 328 g/mol. The molecule has 1 saturated heterocycles. The lowest BCUT2D eigenvalue weighted by Gasteiger charge is -2.23. The lowest BCUT2D eigenvalue weighted by molar-refractivity contribution is 0.555. The third kappa shape index (κ3) is 3.74. The SMILES string of the molecule is Cc1ccc(C#N)cc1NS(=O)(=O)C1CCS(=O)(=O)CC1. The Bertz CT molecular complexity index is 778. The van der Waals surface area contributed by atoms with Crippen molar-refractivity contribution >= 4 is 25.5 Å². The molecule has 0 spiro atoms. The minimum absolute atomic E-state index is 0.101. The summed E-state index contributed by atoms with van der Waals surface area (Å²) in [6.07, 6.45) is 0.212. The van der Waals surface area contributed by atoms with Crippen molar-refractivity contribution in [2.45, 2.75) is 25.0 Å². The van der Waals surface area contributed by atoms with Gasteiger partial charge in [0.1, 0.15) is 9.84 Å². The normalized spacial score (nSPS) is 18.9. The molecule has 1 aliphatic rings. The third-order valence-electron chi connectivity index (χ3n) is 3.56. The van der Waals surface area contributed by atoms with Gasteiger partial charge in [-0.15, -0.1) is 0 Å². The van der Waals surface area contributed by atoms with Crippen LogP contribution in [0.2, 0.25) is 0 Å². The smallest absolute Gasteiger partial charge is 0.235 e. The molecule has 2 rings (SSSR count). The summed E-state index contributed by atoms with van der Waals surface area (Å²) < 4.78 is 49.9. The van der Waals surface area contributed by atoms with Gasteiger partial charge in [-0.05, 0) is 37.5 Å². The molecule has 0 atom stereocenters. The Balaban J connectivity index is 2.21. The zero-order chi connectivity index (χ0) is 15.7. The first-order valence-corrected chi connectivity index (χ1v) is 9.83. The van der Waals surface area contributed by atoms with Gasteiger partial charge in [0.2, 0.25) is 10.0 Å². The summed E-state index contributed by atoms with van der Waals surface area (Å²) >= 11 is 0. The Morgan fingerprint density at radius 3 is 2.48 bits per heavy atom. The zero-order valence-electron chi connectivity index (χ0n) is 11.5. The molecule has 0 radical (unpaired) electrons. The Labute approximate surface area is 124 Å². The number of nitrogens with one attached hydrogen (secondary N) is 1. The molecule has 114 valence electrons. The molecule has 1 N–H and O–H groups in total. The molecule has 8 heteroatoms. The summed E-state index contributed by atoms with van der Waals surface area (Å²) in [6, 6.07) is 6.71. The maximum absolute atomic E-state index is 12.3. The van der Waals surface area contributed by atoms with Crippen molar-refractivity contribution in [3.8, 4) is 6.07 Å². The summed E-state index contributed by atoms with van der Waals surface area (Å²) in [4.78, 5) is 0. The maximum Gasteiger partial charge on any atom is 0.235 e. The van der Waals surface area contributed by atoms with E-state index in [4.69, 9.17) is 5.26 Å². The van der Waals surface area contributed by atoms with Crippen molar-refractivity contribution in [2.75, 3.05) is 16.2 Å². The van der Waals surface area contributed by atoms with Gasteiger partial charge in [0.05, 0.1) is 34.1 Å². The van der Waals surface area contributed by atoms with Crippen LogP contribution in [0, 0.1) is 18.3 Å². The quantitative estimate of drug-likeness (QED) is 0.897. The molecular weight excluding hydrogens is 312 g/mol. The van der Waals surface area contributed by atoms with E-state index in [1.54, 1.807) is 19.1 Å². The van der Waals surface area contributed by atoms with Crippen molar-refractivity contribution in [1.29, 1.82) is 5.26 Å². The largest absolute Gasteiger partial charge is 0.283 e. The number of aryl methyl sites for hydroxylation is 1. The highest BCUT2D eigenvalue weighted by molar-refractivity contribution is 7.94. The van der Waals surface area contributed by atoms with Gasteiger partial charge in [0.25, 0.3) is 0 Å². The van der Waals surface area contributed by atoms with E-state index in [1.807, 2.05) is 6.07 Å². The lowest BCUT2D eigenvalue weighted by Crippen LogP contribution is -2.36. The van der Waals surface area contributed by atoms with Crippen molar-refractivity contribution < 1.29 is 16.8 Å². The Morgan fingerprint density at radius 1 is 1.29 bits per heavy atom. The second-order valence-corrected chi connectivity index (χ2v) is 9.40. The van der Waals surface area contributed by atoms with Gasteiger partial charge in [-0.25, -0.2) is 16.8 Å². The molecule has 21 heavy (non-hydrogen) atoms. The number of benzene rings is 1. The van der Waals surface area contributed by atoms with Crippen LogP contribution in [0.25, 0.3) is 0 Å². The van der Waals surface area contributed by atoms with E-state index in [1.165, 1.54) is 6.07 Å². The number of sulfonamides is 1. The van der Waals surface area contributed by atoms with E-state index < -0.39 is 25.1 Å². The average Bonchev–Trinajstić information content (AvgIpc) is 2.40. The van der Waals surface area contributed by atoms with Gasteiger partial charge in [-0.3, -0.25) is 4.72 Å². The van der Waals surface area contributed by atoms with Crippen LogP contribution in [-0.2, 0) is 19.9 Å². The minimum Gasteiger partial charge on any atom is -0.283 e. The molecule has 1 heterocycles. The van der Waals surface area contributed by atoms with E-state index in [0.29, 0.717) is 16.8 Å². The molecule has 0 saturated carbocycles. The van der Waals surface area contributed by atoms with E-state index >= 15 is 0 Å². The van der Waals surface area contributed by atoms with Crippen molar-refractivity contribution in [1.82, 2.24) is 0 Å². The molecule has 0 aliphatic carbocycles. The third-order valence-corrected chi connectivity index (χ3v) is 7.13. The molecule has 0 aromatic heterocycles. The number of hydrogen-bond donors (Lipinski definition) is 1. The highest BCUT2D eigenvalue weighted by Crippen LogP contribution is 2.24. The van der Waals surface area contributed by atoms with Crippen LogP contribution in [0.15, 0.2) is 18.2 Å². The van der Waals surface area contributed by atoms with Crippen LogP contribution in [0.1, 0.15) is 24.0 Å². The second-order valence-electron chi connectivity index (χ2n) is 5.14.